The molecular weight excluding hydrogens is 319 g/mol. The summed E-state index contributed by atoms with van der Waals surface area (Å²) in [7, 11) is 0. The Hall–Kier alpha value is -2.23. The molecule has 2 aromatic rings. The molecule has 1 unspecified atom stereocenters. The summed E-state index contributed by atoms with van der Waals surface area (Å²) >= 11 is 0.811. The number of amides is 1. The van der Waals surface area contributed by atoms with Crippen LogP contribution in [-0.2, 0) is 11.0 Å². The molecule has 0 aromatic carbocycles. The Labute approximate surface area is 127 Å². The van der Waals surface area contributed by atoms with E-state index >= 15 is 0 Å². The maximum absolute atomic E-state index is 12.6. The highest BCUT2D eigenvalue weighted by Gasteiger charge is 2.33. The summed E-state index contributed by atoms with van der Waals surface area (Å²) in [6, 6.07) is 2.36. The zero-order chi connectivity index (χ0) is 16.2. The van der Waals surface area contributed by atoms with Crippen LogP contribution in [0, 0.1) is 0 Å². The molecule has 0 saturated carbocycles. The fraction of sp³-hybridized carbons (Fsp3) is 0.250. The molecular formula is C12H10F3N5OS. The third kappa shape index (κ3) is 4.38. The average Bonchev–Trinajstić information content (AvgIpc) is 2.47. The Kier molecular flexibility index (Phi) is 4.91. The van der Waals surface area contributed by atoms with Crippen molar-refractivity contribution in [2.75, 3.05) is 5.32 Å². The molecule has 116 valence electrons. The fourth-order valence-corrected chi connectivity index (χ4v) is 2.10. The van der Waals surface area contributed by atoms with Gasteiger partial charge in [0.25, 0.3) is 0 Å². The van der Waals surface area contributed by atoms with Gasteiger partial charge in [0.1, 0.15) is 5.69 Å². The van der Waals surface area contributed by atoms with Crippen LogP contribution in [0.5, 0.6) is 0 Å². The number of alkyl halides is 3. The molecule has 0 spiro atoms. The van der Waals surface area contributed by atoms with Crippen molar-refractivity contribution in [3.8, 4) is 0 Å². The second-order valence-electron chi connectivity index (χ2n) is 4.04. The molecule has 0 fully saturated rings. The quantitative estimate of drug-likeness (QED) is 0.685. The van der Waals surface area contributed by atoms with Gasteiger partial charge >= 0.3 is 6.18 Å². The van der Waals surface area contributed by atoms with E-state index in [-0.39, 0.29) is 11.1 Å². The summed E-state index contributed by atoms with van der Waals surface area (Å²) in [6.07, 6.45) is -0.641. The largest absolute Gasteiger partial charge is 0.433 e. The average molecular weight is 329 g/mol. The van der Waals surface area contributed by atoms with Gasteiger partial charge in [0.2, 0.25) is 11.9 Å². The molecule has 0 aliphatic carbocycles. The Morgan fingerprint density at radius 2 is 1.91 bits per heavy atom. The summed E-state index contributed by atoms with van der Waals surface area (Å²) in [6.45, 7) is 1.52. The first-order valence-corrected chi connectivity index (χ1v) is 6.89. The molecule has 6 nitrogen and oxygen atoms in total. The number of nitrogens with one attached hydrogen (secondary N) is 1. The number of hydrogen-bond acceptors (Lipinski definition) is 6. The Morgan fingerprint density at radius 1 is 1.23 bits per heavy atom. The van der Waals surface area contributed by atoms with Crippen molar-refractivity contribution < 1.29 is 18.0 Å². The molecule has 1 amide bonds. The Morgan fingerprint density at radius 3 is 2.55 bits per heavy atom. The van der Waals surface area contributed by atoms with E-state index < -0.39 is 23.0 Å². The number of aromatic nitrogens is 4. The third-order valence-electron chi connectivity index (χ3n) is 2.38. The standard InChI is InChI=1S/C12H10F3N5OS/c1-7(9(21)20-10-16-4-2-5-17-10)22-11-18-6-3-8(19-11)12(13,14)15/h2-7H,1H3,(H,16,17,20,21). The van der Waals surface area contributed by atoms with Gasteiger partial charge in [-0.2, -0.15) is 13.2 Å². The molecule has 10 heteroatoms. The Bertz CT molecular complexity index is 653. The second kappa shape index (κ2) is 6.69. The van der Waals surface area contributed by atoms with Crippen LogP contribution >= 0.6 is 11.8 Å². The highest BCUT2D eigenvalue weighted by atomic mass is 32.2. The van der Waals surface area contributed by atoms with E-state index in [1.165, 1.54) is 19.3 Å². The molecule has 0 saturated heterocycles. The van der Waals surface area contributed by atoms with Crippen molar-refractivity contribution in [2.24, 2.45) is 0 Å². The Balaban J connectivity index is 2.02. The molecule has 1 N–H and O–H groups in total. The van der Waals surface area contributed by atoms with E-state index in [0.717, 1.165) is 24.0 Å². The van der Waals surface area contributed by atoms with E-state index in [0.29, 0.717) is 0 Å². The van der Waals surface area contributed by atoms with Crippen LogP contribution in [0.1, 0.15) is 12.6 Å². The zero-order valence-corrected chi connectivity index (χ0v) is 12.0. The van der Waals surface area contributed by atoms with Gasteiger partial charge in [-0.25, -0.2) is 19.9 Å². The molecule has 0 aliphatic heterocycles. The van der Waals surface area contributed by atoms with Crippen LogP contribution in [0.3, 0.4) is 0 Å². The number of carbonyl (C=O) groups is 1. The number of thioether (sulfide) groups is 1. The van der Waals surface area contributed by atoms with Crippen molar-refractivity contribution in [1.29, 1.82) is 0 Å². The van der Waals surface area contributed by atoms with Gasteiger partial charge in [0, 0.05) is 18.6 Å². The van der Waals surface area contributed by atoms with Crippen LogP contribution in [0.25, 0.3) is 0 Å². The highest BCUT2D eigenvalue weighted by molar-refractivity contribution is 8.00. The van der Waals surface area contributed by atoms with Crippen LogP contribution in [0.4, 0.5) is 19.1 Å². The second-order valence-corrected chi connectivity index (χ2v) is 5.35. The molecule has 0 aliphatic rings. The summed E-state index contributed by atoms with van der Waals surface area (Å²) in [5.41, 5.74) is -1.05. The highest BCUT2D eigenvalue weighted by Crippen LogP contribution is 2.29. The molecule has 2 aromatic heterocycles. The van der Waals surface area contributed by atoms with Gasteiger partial charge in [0.05, 0.1) is 5.25 Å². The SMILES string of the molecule is CC(Sc1nccc(C(F)(F)F)n1)C(=O)Nc1ncccn1. The molecule has 22 heavy (non-hydrogen) atoms. The van der Waals surface area contributed by atoms with Gasteiger partial charge in [-0.15, -0.1) is 0 Å². The summed E-state index contributed by atoms with van der Waals surface area (Å²) in [4.78, 5) is 26.7. The predicted octanol–water partition coefficient (Wildman–Crippen LogP) is 2.40. The van der Waals surface area contributed by atoms with Gasteiger partial charge in [-0.05, 0) is 19.1 Å². The van der Waals surface area contributed by atoms with Gasteiger partial charge in [-0.1, -0.05) is 11.8 Å². The van der Waals surface area contributed by atoms with E-state index in [4.69, 9.17) is 0 Å². The predicted molar refractivity (Wildman–Crippen MR) is 73.0 cm³/mol. The first-order valence-electron chi connectivity index (χ1n) is 6.01. The monoisotopic (exact) mass is 329 g/mol. The normalized spacial score (nSPS) is 12.7. The van der Waals surface area contributed by atoms with Crippen LogP contribution in [-0.4, -0.2) is 31.1 Å². The van der Waals surface area contributed by atoms with E-state index in [9.17, 15) is 18.0 Å². The number of carbonyl (C=O) groups excluding carboxylic acids is 1. The minimum Gasteiger partial charge on any atom is -0.294 e. The minimum atomic E-state index is -4.55. The van der Waals surface area contributed by atoms with Crippen molar-refractivity contribution in [3.63, 3.8) is 0 Å². The van der Waals surface area contributed by atoms with E-state index in [1.54, 1.807) is 6.07 Å². The van der Waals surface area contributed by atoms with Crippen LogP contribution < -0.4 is 5.32 Å². The zero-order valence-electron chi connectivity index (χ0n) is 11.2. The number of nitrogens with zero attached hydrogens (tertiary/aromatic N) is 4. The van der Waals surface area contributed by atoms with Gasteiger partial charge < -0.3 is 0 Å². The van der Waals surface area contributed by atoms with Crippen molar-refractivity contribution in [1.82, 2.24) is 19.9 Å². The molecule has 0 radical (unpaired) electrons. The number of rotatable bonds is 4. The maximum Gasteiger partial charge on any atom is 0.433 e. The van der Waals surface area contributed by atoms with E-state index in [1.807, 2.05) is 0 Å². The summed E-state index contributed by atoms with van der Waals surface area (Å²) in [5.74, 6) is -0.345. The number of halogens is 3. The lowest BCUT2D eigenvalue weighted by Crippen LogP contribution is -2.24. The van der Waals surface area contributed by atoms with Crippen molar-refractivity contribution >= 4 is 23.6 Å². The smallest absolute Gasteiger partial charge is 0.294 e. The summed E-state index contributed by atoms with van der Waals surface area (Å²) < 4.78 is 37.7. The van der Waals surface area contributed by atoms with E-state index in [2.05, 4.69) is 25.3 Å². The third-order valence-corrected chi connectivity index (χ3v) is 3.35. The maximum atomic E-state index is 12.6. The molecule has 2 rings (SSSR count). The van der Waals surface area contributed by atoms with Crippen molar-refractivity contribution in [2.45, 2.75) is 23.5 Å². The number of hydrogen-bond donors (Lipinski definition) is 1. The summed E-state index contributed by atoms with van der Waals surface area (Å²) in [5, 5.41) is 1.60. The first-order chi connectivity index (χ1) is 10.4. The van der Waals surface area contributed by atoms with Crippen LogP contribution in [0.2, 0.25) is 0 Å². The topological polar surface area (TPSA) is 80.7 Å². The van der Waals surface area contributed by atoms with Gasteiger partial charge in [0.15, 0.2) is 5.16 Å². The molecule has 1 atom stereocenters. The minimum absolute atomic E-state index is 0.116. The van der Waals surface area contributed by atoms with Crippen molar-refractivity contribution in [3.05, 3.63) is 36.4 Å². The lowest BCUT2D eigenvalue weighted by Gasteiger charge is -2.11. The lowest BCUT2D eigenvalue weighted by atomic mass is 10.4. The fourth-order valence-electron chi connectivity index (χ4n) is 1.34. The number of anilines is 1. The molecule has 2 heterocycles. The van der Waals surface area contributed by atoms with Crippen LogP contribution in [0.15, 0.2) is 35.9 Å². The first kappa shape index (κ1) is 16.1. The lowest BCUT2D eigenvalue weighted by molar-refractivity contribution is -0.141. The van der Waals surface area contributed by atoms with Gasteiger partial charge in [-0.3, -0.25) is 10.1 Å². The molecule has 0 bridgehead atoms.